The Labute approximate surface area is 186 Å². The number of esters is 1. The third-order valence-electron chi connectivity index (χ3n) is 0.993. The molecule has 0 fully saturated rings. The molecule has 0 radical (unpaired) electrons. The summed E-state index contributed by atoms with van der Waals surface area (Å²) < 4.78 is 54.4. The van der Waals surface area contributed by atoms with E-state index in [-0.39, 0.29) is 52.4 Å². The van der Waals surface area contributed by atoms with Crippen molar-refractivity contribution in [2.24, 2.45) is 22.2 Å². The molecule has 0 atom stereocenters. The number of amidine groups is 1. The van der Waals surface area contributed by atoms with E-state index in [0.29, 0.717) is 17.5 Å². The van der Waals surface area contributed by atoms with Crippen LogP contribution in [0.1, 0.15) is 28.7 Å². The fourth-order valence-electron chi connectivity index (χ4n) is 0.523. The number of hydrogen-bond donors (Lipinski definition) is 3. The van der Waals surface area contributed by atoms with Crippen molar-refractivity contribution in [2.75, 3.05) is 18.2 Å². The van der Waals surface area contributed by atoms with Gasteiger partial charge in [0, 0.05) is 20.8 Å². The van der Waals surface area contributed by atoms with Crippen molar-refractivity contribution in [1.29, 1.82) is 0 Å². The molecule has 1 amide bonds. The molecule has 1 heterocycles. The van der Waals surface area contributed by atoms with Crippen LogP contribution in [0.2, 0.25) is 0 Å². The second-order valence-electron chi connectivity index (χ2n) is 2.97. The van der Waals surface area contributed by atoms with Crippen LogP contribution >= 0.6 is 35.6 Å². The molecule has 0 aliphatic carbocycles. The number of nitrogens with zero attached hydrogens (tertiary/aromatic N) is 1. The number of thioether (sulfide) groups is 1. The van der Waals surface area contributed by atoms with E-state index in [4.69, 9.17) is 42.1 Å². The van der Waals surface area contributed by atoms with Crippen molar-refractivity contribution in [3.05, 3.63) is 0 Å². The third-order valence-corrected chi connectivity index (χ3v) is 1.99. The molecule has 0 spiro atoms. The molecule has 138 valence electrons. The zero-order valence-electron chi connectivity index (χ0n) is 23.0. The summed E-state index contributed by atoms with van der Waals surface area (Å²) in [5, 5.41) is 9.28. The van der Waals surface area contributed by atoms with Crippen molar-refractivity contribution in [3.63, 3.8) is 0 Å². The number of carboxylic acids is 1. The van der Waals surface area contributed by atoms with Gasteiger partial charge in [-0.15, -0.1) is 11.6 Å². The SMILES string of the molecule is CC(=O)[O-].CCOC(=O)CCl.NC(N)=S.NC1=NC(=O)CS1.[2H][2H].[2H][2H].[2H][2H].[2H][2H].[2H][2H].[Na+]. The number of hydrogen-bond acceptors (Lipinski definition) is 8. The number of amides is 1. The Bertz CT molecular complexity index is 422. The van der Waals surface area contributed by atoms with Crippen molar-refractivity contribution in [2.45, 2.75) is 13.8 Å². The number of aliphatic carboxylic acids is 1. The maximum Gasteiger partial charge on any atom is 1.00 e. The van der Waals surface area contributed by atoms with E-state index in [9.17, 15) is 9.59 Å². The maximum absolute atomic E-state index is 10.2. The van der Waals surface area contributed by atoms with Crippen molar-refractivity contribution in [1.82, 2.24) is 0 Å². The molecule has 1 aliphatic heterocycles. The number of halogens is 1. The molecule has 6 N–H and O–H groups in total. The van der Waals surface area contributed by atoms with Crippen LogP contribution in [0.4, 0.5) is 0 Å². The van der Waals surface area contributed by atoms with E-state index in [0.717, 1.165) is 6.92 Å². The topological polar surface area (TPSA) is 174 Å². The minimum Gasteiger partial charge on any atom is -0.550 e. The molecule has 0 aromatic carbocycles. The average molecular weight is 417 g/mol. The predicted molar refractivity (Wildman–Crippen MR) is 98.7 cm³/mol. The van der Waals surface area contributed by atoms with Crippen LogP contribution in [-0.2, 0) is 19.1 Å². The fourth-order valence-corrected chi connectivity index (χ4v) is 1.10. The van der Waals surface area contributed by atoms with Crippen molar-refractivity contribution in [3.8, 4) is 0 Å². The number of thiocarbonyl (C=S) groups is 1. The van der Waals surface area contributed by atoms with Gasteiger partial charge in [-0.25, -0.2) is 0 Å². The van der Waals surface area contributed by atoms with E-state index >= 15 is 0 Å². The summed E-state index contributed by atoms with van der Waals surface area (Å²) in [5.74, 6) is -1.19. The molecule has 0 saturated heterocycles. The molecule has 1 rings (SSSR count). The van der Waals surface area contributed by atoms with E-state index in [1.807, 2.05) is 0 Å². The summed E-state index contributed by atoms with van der Waals surface area (Å²) in [6.45, 7) is 3.12. The monoisotopic (exact) mass is 416 g/mol. The quantitative estimate of drug-likeness (QED) is 0.177. The number of ether oxygens (including phenoxy) is 1. The van der Waals surface area contributed by atoms with Gasteiger partial charge in [-0.05, 0) is 26.1 Å². The van der Waals surface area contributed by atoms with Crippen molar-refractivity contribution < 1.29 is 68.6 Å². The van der Waals surface area contributed by atoms with Gasteiger partial charge in [0.25, 0.3) is 5.91 Å². The maximum atomic E-state index is 10.2. The molecule has 9 nitrogen and oxygen atoms in total. The van der Waals surface area contributed by atoms with E-state index in [2.05, 4.69) is 33.4 Å². The van der Waals surface area contributed by atoms with Gasteiger partial charge in [0.05, 0.1) is 12.4 Å². The minimum atomic E-state index is -1.08. The number of carbonyl (C=O) groups is 3. The summed E-state index contributed by atoms with van der Waals surface area (Å²) in [5.41, 5.74) is 14.4. The van der Waals surface area contributed by atoms with Crippen LogP contribution in [0.5, 0.6) is 0 Å². The van der Waals surface area contributed by atoms with Gasteiger partial charge in [-0.2, -0.15) is 4.99 Å². The molecule has 0 saturated carbocycles. The summed E-state index contributed by atoms with van der Waals surface area (Å²) in [7, 11) is 0. The zero-order chi connectivity index (χ0) is 28.1. The molecule has 0 bridgehead atoms. The molecule has 13 heteroatoms. The Morgan fingerprint density at radius 3 is 2.04 bits per heavy atom. The molecule has 1 aliphatic rings. The van der Waals surface area contributed by atoms with Gasteiger partial charge < -0.3 is 31.8 Å². The first-order chi connectivity index (χ1) is 15.1. The number of aliphatic imine (C=N–C) groups is 1. The summed E-state index contributed by atoms with van der Waals surface area (Å²) in [6.07, 6.45) is 0. The first-order valence-corrected chi connectivity index (χ1v) is 7.43. The second-order valence-corrected chi connectivity index (χ2v) is 4.70. The molecular formula is C10H28ClN4NaO5S2. The molecule has 0 aromatic heterocycles. The van der Waals surface area contributed by atoms with Crippen LogP contribution in [0, 0.1) is 0 Å². The number of carboxylic acid groups (broad SMARTS) is 1. The summed E-state index contributed by atoms with van der Waals surface area (Å²) in [4.78, 5) is 32.5. The number of carbonyl (C=O) groups excluding carboxylic acids is 3. The third kappa shape index (κ3) is 44.9. The summed E-state index contributed by atoms with van der Waals surface area (Å²) in [6, 6.07) is 0. The molecular weight excluding hydrogens is 379 g/mol. The Morgan fingerprint density at radius 1 is 1.57 bits per heavy atom. The first-order valence-electron chi connectivity index (χ1n) is 10.5. The second kappa shape index (κ2) is 21.4. The standard InChI is InChI=1S/C4H7ClO2.C3H4N2OS.C2H4O2.CH4N2S.Na.5H2/c1-2-7-4(6)3-5;4-3-5-2(6)1-7-3;1-2(3)4;2-1(3)4;;;;;;/h2-3H2,1H3;1H2,(H2,4,5,6);1H3,(H,3,4);(H4,2,3,4);;5*1H/q;;;;+1;;;;;/p-1/i;;;;;5*1+1D. The van der Waals surface area contributed by atoms with Gasteiger partial charge in [0.2, 0.25) is 0 Å². The molecule has 23 heavy (non-hydrogen) atoms. The van der Waals surface area contributed by atoms with Gasteiger partial charge in [-0.3, -0.25) is 9.59 Å². The number of rotatable bonds is 2. The minimum absolute atomic E-state index is 0. The predicted octanol–water partition coefficient (Wildman–Crippen LogP) is -3.46. The van der Waals surface area contributed by atoms with E-state index < -0.39 is 5.97 Å². The van der Waals surface area contributed by atoms with Gasteiger partial charge in [0.1, 0.15) is 5.88 Å². The first kappa shape index (κ1) is 18.7. The molecule has 0 aromatic rings. The van der Waals surface area contributed by atoms with Gasteiger partial charge >= 0.3 is 35.5 Å². The Kier molecular flexibility index (Phi) is 17.4. The zero-order valence-corrected chi connectivity index (χ0v) is 17.4. The van der Waals surface area contributed by atoms with Crippen LogP contribution < -0.4 is 51.9 Å². The fraction of sp³-hybridized carbons (Fsp3) is 0.500. The van der Waals surface area contributed by atoms with Gasteiger partial charge in [0.15, 0.2) is 10.3 Å². The Morgan fingerprint density at radius 2 is 1.96 bits per heavy atom. The average Bonchev–Trinajstić information content (AvgIpc) is 3.17. The number of alkyl halides is 1. The molecule has 0 unspecified atom stereocenters. The van der Waals surface area contributed by atoms with Crippen LogP contribution in [0.15, 0.2) is 4.99 Å². The van der Waals surface area contributed by atoms with Crippen molar-refractivity contribution >= 4 is 63.7 Å². The van der Waals surface area contributed by atoms with Crippen LogP contribution in [0.3, 0.4) is 0 Å². The smallest absolute Gasteiger partial charge is 0.550 e. The van der Waals surface area contributed by atoms with Gasteiger partial charge in [-0.1, -0.05) is 11.8 Å². The normalized spacial score (nSPS) is 12.5. The summed E-state index contributed by atoms with van der Waals surface area (Å²) >= 11 is 10.4. The van der Waals surface area contributed by atoms with Crippen LogP contribution in [0.25, 0.3) is 0 Å². The largest absolute Gasteiger partial charge is 1.00 e. The van der Waals surface area contributed by atoms with E-state index in [1.54, 1.807) is 6.92 Å². The van der Waals surface area contributed by atoms with Crippen LogP contribution in [-0.4, -0.2) is 46.4 Å². The number of nitrogens with two attached hydrogens (primary N) is 3. The van der Waals surface area contributed by atoms with E-state index in [1.165, 1.54) is 11.8 Å². The Hall–Kier alpha value is -0.590. The Balaban J connectivity index is -0.0000000298.